The van der Waals surface area contributed by atoms with Crippen LogP contribution in [0.4, 0.5) is 11.4 Å². The number of fused-ring (bicyclic) bond motifs is 1. The molecule has 0 spiro atoms. The van der Waals surface area contributed by atoms with E-state index < -0.39 is 0 Å². The molecule has 0 fully saturated rings. The molecule has 0 aliphatic rings. The van der Waals surface area contributed by atoms with Crippen LogP contribution in [0.25, 0.3) is 22.9 Å². The van der Waals surface area contributed by atoms with E-state index in [4.69, 9.17) is 9.47 Å². The fourth-order valence-corrected chi connectivity index (χ4v) is 4.24. The maximum Gasteiger partial charge on any atom is 0.162 e. The average Bonchev–Trinajstić information content (AvgIpc) is 3.30. The van der Waals surface area contributed by atoms with Crippen LogP contribution in [0.15, 0.2) is 55.5 Å². The maximum absolute atomic E-state index is 6.01. The molecule has 0 amide bonds. The first-order valence-electron chi connectivity index (χ1n) is 11.7. The summed E-state index contributed by atoms with van der Waals surface area (Å²) in [5.41, 5.74) is 8.20. The van der Waals surface area contributed by atoms with E-state index in [9.17, 15) is 0 Å². The Balaban J connectivity index is 0.00000342. The van der Waals surface area contributed by atoms with Crippen LogP contribution in [0.2, 0.25) is 0 Å². The highest BCUT2D eigenvalue weighted by Crippen LogP contribution is 2.41. The van der Waals surface area contributed by atoms with Crippen molar-refractivity contribution in [3.8, 4) is 22.6 Å². The van der Waals surface area contributed by atoms with E-state index >= 15 is 0 Å². The molecular weight excluding hydrogens is 436 g/mol. The van der Waals surface area contributed by atoms with Crippen molar-refractivity contribution in [2.45, 2.75) is 41.0 Å². The number of hydrogen-bond donors (Lipinski definition) is 0. The van der Waals surface area contributed by atoms with Gasteiger partial charge >= 0.3 is 0 Å². The van der Waals surface area contributed by atoms with Gasteiger partial charge in [0, 0.05) is 36.8 Å². The first-order valence-corrected chi connectivity index (χ1v) is 11.7. The highest BCUT2D eigenvalue weighted by molar-refractivity contribution is 5.86. The van der Waals surface area contributed by atoms with E-state index in [-0.39, 0.29) is 7.43 Å². The third kappa shape index (κ3) is 4.87. The fraction of sp³-hybridized carbons (Fsp3) is 0.310. The Morgan fingerprint density at radius 3 is 2.57 bits per heavy atom. The van der Waals surface area contributed by atoms with Gasteiger partial charge in [-0.15, -0.1) is 0 Å². The molecule has 0 saturated heterocycles. The Kier molecular flexibility index (Phi) is 8.18. The zero-order valence-corrected chi connectivity index (χ0v) is 20.6. The minimum atomic E-state index is 0. The second kappa shape index (κ2) is 11.1. The lowest BCUT2D eigenvalue weighted by molar-refractivity contribution is 0.314. The van der Waals surface area contributed by atoms with Crippen molar-refractivity contribution in [1.29, 1.82) is 0 Å². The lowest BCUT2D eigenvalue weighted by Crippen LogP contribution is -2.13. The van der Waals surface area contributed by atoms with Crippen LogP contribution in [-0.2, 0) is 6.42 Å². The number of benzene rings is 2. The molecule has 6 heteroatoms. The quantitative estimate of drug-likeness (QED) is 0.260. The van der Waals surface area contributed by atoms with Gasteiger partial charge in [0.1, 0.15) is 11.5 Å². The monoisotopic (exact) mass is 472 g/mol. The number of aromatic nitrogens is 3. The number of anilines is 2. The average molecular weight is 473 g/mol. The van der Waals surface area contributed by atoms with Gasteiger partial charge in [-0.3, -0.25) is 0 Å². The van der Waals surface area contributed by atoms with Gasteiger partial charge in [0.2, 0.25) is 0 Å². The molecule has 0 unspecified atom stereocenters. The van der Waals surface area contributed by atoms with Crippen molar-refractivity contribution in [2.24, 2.45) is 0 Å². The molecule has 0 aliphatic heterocycles. The molecule has 0 bridgehead atoms. The van der Waals surface area contributed by atoms with Gasteiger partial charge < -0.3 is 14.4 Å². The molecule has 2 heterocycles. The summed E-state index contributed by atoms with van der Waals surface area (Å²) in [6, 6.07) is 10.4. The SMILES string of the molecule is C.C=Cc1cc(CC)c(-c2cnn3cccnc23)cc1N(C)c1cc(OCCC)c(C)cc1OC. The van der Waals surface area contributed by atoms with Crippen molar-refractivity contribution in [3.63, 3.8) is 0 Å². The molecule has 0 radical (unpaired) electrons. The van der Waals surface area contributed by atoms with Crippen molar-refractivity contribution in [2.75, 3.05) is 25.7 Å². The molecule has 0 aliphatic carbocycles. The van der Waals surface area contributed by atoms with Crippen LogP contribution >= 0.6 is 0 Å². The lowest BCUT2D eigenvalue weighted by Gasteiger charge is -2.26. The van der Waals surface area contributed by atoms with Gasteiger partial charge in [0.15, 0.2) is 5.65 Å². The van der Waals surface area contributed by atoms with E-state index in [2.05, 4.69) is 53.6 Å². The second-order valence-electron chi connectivity index (χ2n) is 8.27. The van der Waals surface area contributed by atoms with Gasteiger partial charge in [0.05, 0.1) is 25.6 Å². The summed E-state index contributed by atoms with van der Waals surface area (Å²) in [5.74, 6) is 1.65. The number of hydrogen-bond acceptors (Lipinski definition) is 5. The normalized spacial score (nSPS) is 10.7. The summed E-state index contributed by atoms with van der Waals surface area (Å²) in [4.78, 5) is 6.71. The van der Waals surface area contributed by atoms with Crippen LogP contribution in [0.5, 0.6) is 11.5 Å². The largest absolute Gasteiger partial charge is 0.495 e. The molecule has 0 atom stereocenters. The first-order chi connectivity index (χ1) is 16.5. The number of ether oxygens (including phenoxy) is 2. The Morgan fingerprint density at radius 1 is 1.09 bits per heavy atom. The molecule has 0 N–H and O–H groups in total. The molecular formula is C29H36N4O2. The van der Waals surface area contributed by atoms with Crippen LogP contribution in [0, 0.1) is 6.92 Å². The Bertz CT molecular complexity index is 1330. The first kappa shape index (κ1) is 25.8. The summed E-state index contributed by atoms with van der Waals surface area (Å²) in [6.07, 6.45) is 9.33. The Labute approximate surface area is 208 Å². The summed E-state index contributed by atoms with van der Waals surface area (Å²) in [6.45, 7) is 11.1. The topological polar surface area (TPSA) is 51.9 Å². The maximum atomic E-state index is 6.01. The number of methoxy groups -OCH3 is 1. The van der Waals surface area contributed by atoms with Crippen molar-refractivity contribution < 1.29 is 9.47 Å². The summed E-state index contributed by atoms with van der Waals surface area (Å²) < 4.78 is 13.6. The van der Waals surface area contributed by atoms with Crippen LogP contribution in [-0.4, -0.2) is 35.4 Å². The minimum absolute atomic E-state index is 0. The Morgan fingerprint density at radius 2 is 1.89 bits per heavy atom. The number of rotatable bonds is 9. The fourth-order valence-electron chi connectivity index (χ4n) is 4.24. The zero-order chi connectivity index (χ0) is 24.2. The van der Waals surface area contributed by atoms with Crippen molar-refractivity contribution in [1.82, 2.24) is 14.6 Å². The summed E-state index contributed by atoms with van der Waals surface area (Å²) in [7, 11) is 3.74. The molecule has 35 heavy (non-hydrogen) atoms. The van der Waals surface area contributed by atoms with Crippen molar-refractivity contribution in [3.05, 3.63) is 72.2 Å². The number of aryl methyl sites for hydroxylation is 2. The highest BCUT2D eigenvalue weighted by Gasteiger charge is 2.20. The van der Waals surface area contributed by atoms with E-state index in [0.717, 1.165) is 63.6 Å². The predicted molar refractivity (Wildman–Crippen MR) is 146 cm³/mol. The van der Waals surface area contributed by atoms with Crippen LogP contribution < -0.4 is 14.4 Å². The van der Waals surface area contributed by atoms with E-state index in [0.29, 0.717) is 6.61 Å². The van der Waals surface area contributed by atoms with E-state index in [1.165, 1.54) is 5.56 Å². The second-order valence-corrected chi connectivity index (χ2v) is 8.27. The summed E-state index contributed by atoms with van der Waals surface area (Å²) in [5, 5.41) is 4.51. The lowest BCUT2D eigenvalue weighted by atomic mass is 9.95. The van der Waals surface area contributed by atoms with Gasteiger partial charge in [-0.1, -0.05) is 33.9 Å². The van der Waals surface area contributed by atoms with Crippen molar-refractivity contribution >= 4 is 23.1 Å². The van der Waals surface area contributed by atoms with Gasteiger partial charge in [-0.25, -0.2) is 9.50 Å². The number of nitrogens with zero attached hydrogens (tertiary/aromatic N) is 4. The predicted octanol–water partition coefficient (Wildman–Crippen LogP) is 7.11. The molecule has 2 aromatic heterocycles. The van der Waals surface area contributed by atoms with E-state index in [1.54, 1.807) is 17.8 Å². The molecule has 2 aromatic carbocycles. The molecule has 6 nitrogen and oxygen atoms in total. The van der Waals surface area contributed by atoms with Crippen LogP contribution in [0.1, 0.15) is 44.4 Å². The van der Waals surface area contributed by atoms with Crippen LogP contribution in [0.3, 0.4) is 0 Å². The molecule has 0 saturated carbocycles. The smallest absolute Gasteiger partial charge is 0.162 e. The van der Waals surface area contributed by atoms with E-state index in [1.807, 2.05) is 44.6 Å². The minimum Gasteiger partial charge on any atom is -0.495 e. The van der Waals surface area contributed by atoms with Gasteiger partial charge in [-0.2, -0.15) is 5.10 Å². The molecule has 4 rings (SSSR count). The summed E-state index contributed by atoms with van der Waals surface area (Å²) >= 11 is 0. The zero-order valence-electron chi connectivity index (χ0n) is 20.6. The third-order valence-corrected chi connectivity index (χ3v) is 6.08. The third-order valence-electron chi connectivity index (χ3n) is 6.08. The Hall–Kier alpha value is -3.80. The molecule has 184 valence electrons. The standard InChI is InChI=1S/C28H32N4O2.CH4/c1-7-13-34-26-17-25(27(33-6)14-19(26)4)31(5)24-16-22(20(8-2)15-21(24)9-3)23-18-30-32-12-10-11-29-28(23)32;/h9-12,14-18H,3,7-8,13H2,1-2,4-6H3;1H4. The van der Waals surface area contributed by atoms with Gasteiger partial charge in [0.25, 0.3) is 0 Å². The highest BCUT2D eigenvalue weighted by atomic mass is 16.5. The van der Waals surface area contributed by atoms with Gasteiger partial charge in [-0.05, 0) is 66.3 Å². The molecule has 4 aromatic rings.